The molecule has 0 aliphatic rings. The molecule has 0 aliphatic heterocycles. The second-order valence-electron chi connectivity index (χ2n) is 4.49. The highest BCUT2D eigenvalue weighted by atomic mass is 19.1. The standard InChI is InChI=1S/C13H19FN2O3/c1-3-6-15-8-10(2)9-19-13-7-11(14)4-5-12(13)16(17)18/h4-5,7,10,15H,3,6,8-9H2,1-2H3. The minimum absolute atomic E-state index is 0.0210. The number of rotatable bonds is 8. The van der Waals surface area contributed by atoms with Gasteiger partial charge in [0.2, 0.25) is 0 Å². The van der Waals surface area contributed by atoms with Crippen molar-refractivity contribution >= 4 is 5.69 Å². The van der Waals surface area contributed by atoms with Crippen LogP contribution in [0.2, 0.25) is 0 Å². The average molecular weight is 270 g/mol. The first-order chi connectivity index (χ1) is 9.04. The number of hydrogen-bond acceptors (Lipinski definition) is 4. The highest BCUT2D eigenvalue weighted by Gasteiger charge is 2.16. The third-order valence-corrected chi connectivity index (χ3v) is 2.56. The molecule has 0 fully saturated rings. The summed E-state index contributed by atoms with van der Waals surface area (Å²) < 4.78 is 18.4. The average Bonchev–Trinajstić information content (AvgIpc) is 2.36. The molecule has 6 heteroatoms. The summed E-state index contributed by atoms with van der Waals surface area (Å²) in [6.45, 7) is 6.03. The second-order valence-corrected chi connectivity index (χ2v) is 4.49. The molecule has 0 radical (unpaired) electrons. The van der Waals surface area contributed by atoms with Gasteiger partial charge >= 0.3 is 5.69 Å². The van der Waals surface area contributed by atoms with Crippen molar-refractivity contribution in [2.45, 2.75) is 20.3 Å². The molecule has 19 heavy (non-hydrogen) atoms. The Morgan fingerprint density at radius 2 is 2.26 bits per heavy atom. The van der Waals surface area contributed by atoms with Crippen molar-refractivity contribution in [2.24, 2.45) is 5.92 Å². The third-order valence-electron chi connectivity index (χ3n) is 2.56. The molecule has 0 bridgehead atoms. The minimum Gasteiger partial charge on any atom is -0.486 e. The Morgan fingerprint density at radius 1 is 1.53 bits per heavy atom. The van der Waals surface area contributed by atoms with Crippen molar-refractivity contribution in [3.8, 4) is 5.75 Å². The highest BCUT2D eigenvalue weighted by Crippen LogP contribution is 2.27. The number of benzene rings is 1. The molecule has 1 aromatic rings. The number of halogens is 1. The molecular formula is C13H19FN2O3. The van der Waals surface area contributed by atoms with E-state index in [1.165, 1.54) is 0 Å². The fourth-order valence-electron chi connectivity index (χ4n) is 1.57. The summed E-state index contributed by atoms with van der Waals surface area (Å²) in [5.41, 5.74) is -0.213. The fourth-order valence-corrected chi connectivity index (χ4v) is 1.57. The van der Waals surface area contributed by atoms with Crippen LogP contribution in [-0.2, 0) is 0 Å². The van der Waals surface area contributed by atoms with Crippen molar-refractivity contribution in [1.82, 2.24) is 5.32 Å². The normalized spacial score (nSPS) is 12.2. The summed E-state index contributed by atoms with van der Waals surface area (Å²) >= 11 is 0. The summed E-state index contributed by atoms with van der Waals surface area (Å²) in [5.74, 6) is -0.376. The van der Waals surface area contributed by atoms with Crippen molar-refractivity contribution in [2.75, 3.05) is 19.7 Å². The maximum Gasteiger partial charge on any atom is 0.311 e. The van der Waals surface area contributed by atoms with Crippen LogP contribution in [0.3, 0.4) is 0 Å². The van der Waals surface area contributed by atoms with Gasteiger partial charge in [-0.25, -0.2) is 4.39 Å². The Labute approximate surface area is 111 Å². The van der Waals surface area contributed by atoms with E-state index in [1.807, 2.05) is 6.92 Å². The lowest BCUT2D eigenvalue weighted by Gasteiger charge is -2.13. The van der Waals surface area contributed by atoms with Crippen LogP contribution in [0.4, 0.5) is 10.1 Å². The van der Waals surface area contributed by atoms with Gasteiger partial charge in [0, 0.05) is 24.6 Å². The van der Waals surface area contributed by atoms with Crippen LogP contribution >= 0.6 is 0 Å². The maximum absolute atomic E-state index is 13.1. The number of ether oxygens (including phenoxy) is 1. The topological polar surface area (TPSA) is 64.4 Å². The van der Waals surface area contributed by atoms with Crippen LogP contribution in [0.1, 0.15) is 20.3 Å². The summed E-state index contributed by atoms with van der Waals surface area (Å²) in [7, 11) is 0. The zero-order chi connectivity index (χ0) is 14.3. The monoisotopic (exact) mass is 270 g/mol. The van der Waals surface area contributed by atoms with Crippen LogP contribution in [0.25, 0.3) is 0 Å². The molecule has 1 rings (SSSR count). The molecule has 0 saturated heterocycles. The molecule has 1 N–H and O–H groups in total. The first-order valence-corrected chi connectivity index (χ1v) is 6.32. The van der Waals surface area contributed by atoms with Gasteiger partial charge < -0.3 is 10.1 Å². The number of nitro benzene ring substituents is 1. The summed E-state index contributed by atoms with van der Waals surface area (Å²) in [6.07, 6.45) is 1.04. The van der Waals surface area contributed by atoms with Crippen molar-refractivity contribution in [3.63, 3.8) is 0 Å². The van der Waals surface area contributed by atoms with E-state index < -0.39 is 10.7 Å². The van der Waals surface area contributed by atoms with Crippen LogP contribution in [0.15, 0.2) is 18.2 Å². The van der Waals surface area contributed by atoms with E-state index in [1.54, 1.807) is 0 Å². The van der Waals surface area contributed by atoms with Gasteiger partial charge in [0.15, 0.2) is 5.75 Å². The van der Waals surface area contributed by atoms with E-state index >= 15 is 0 Å². The predicted molar refractivity (Wildman–Crippen MR) is 70.9 cm³/mol. The van der Waals surface area contributed by atoms with Gasteiger partial charge in [0.25, 0.3) is 0 Å². The van der Waals surface area contributed by atoms with Gasteiger partial charge in [-0.05, 0) is 19.0 Å². The van der Waals surface area contributed by atoms with Crippen LogP contribution < -0.4 is 10.1 Å². The number of nitro groups is 1. The summed E-state index contributed by atoms with van der Waals surface area (Å²) in [6, 6.07) is 3.21. The fraction of sp³-hybridized carbons (Fsp3) is 0.538. The van der Waals surface area contributed by atoms with Gasteiger partial charge in [-0.3, -0.25) is 10.1 Å². The first kappa shape index (κ1) is 15.4. The van der Waals surface area contributed by atoms with Crippen LogP contribution in [0, 0.1) is 21.8 Å². The Morgan fingerprint density at radius 3 is 2.89 bits per heavy atom. The van der Waals surface area contributed by atoms with E-state index in [4.69, 9.17) is 4.74 Å². The lowest BCUT2D eigenvalue weighted by molar-refractivity contribution is -0.386. The van der Waals surface area contributed by atoms with Crippen LogP contribution in [0.5, 0.6) is 5.75 Å². The minimum atomic E-state index is -0.575. The quantitative estimate of drug-likeness (QED) is 0.448. The maximum atomic E-state index is 13.1. The third kappa shape index (κ3) is 5.21. The van der Waals surface area contributed by atoms with Crippen molar-refractivity contribution < 1.29 is 14.1 Å². The Kier molecular flexibility index (Phi) is 6.21. The molecule has 0 spiro atoms. The van der Waals surface area contributed by atoms with Gasteiger partial charge in [-0.1, -0.05) is 13.8 Å². The summed E-state index contributed by atoms with van der Waals surface area (Å²) in [4.78, 5) is 10.2. The molecule has 5 nitrogen and oxygen atoms in total. The number of hydrogen-bond donors (Lipinski definition) is 1. The molecular weight excluding hydrogens is 251 g/mol. The zero-order valence-corrected chi connectivity index (χ0v) is 11.2. The van der Waals surface area contributed by atoms with E-state index in [0.29, 0.717) is 6.61 Å². The van der Waals surface area contributed by atoms with E-state index in [0.717, 1.165) is 37.7 Å². The molecule has 1 aromatic carbocycles. The van der Waals surface area contributed by atoms with E-state index in [9.17, 15) is 14.5 Å². The van der Waals surface area contributed by atoms with Crippen LogP contribution in [-0.4, -0.2) is 24.6 Å². The molecule has 0 heterocycles. The molecule has 106 valence electrons. The van der Waals surface area contributed by atoms with Crippen molar-refractivity contribution in [1.29, 1.82) is 0 Å². The molecule has 0 aliphatic carbocycles. The molecule has 0 amide bonds. The Bertz CT molecular complexity index is 426. The largest absolute Gasteiger partial charge is 0.486 e. The van der Waals surface area contributed by atoms with Gasteiger partial charge in [0.05, 0.1) is 11.5 Å². The summed E-state index contributed by atoms with van der Waals surface area (Å²) in [5, 5.41) is 14.0. The molecule has 0 saturated carbocycles. The van der Waals surface area contributed by atoms with Gasteiger partial charge in [-0.15, -0.1) is 0 Å². The predicted octanol–water partition coefficient (Wildman–Crippen LogP) is 2.75. The Hall–Kier alpha value is -1.69. The number of nitrogens with zero attached hydrogens (tertiary/aromatic N) is 1. The molecule has 1 unspecified atom stereocenters. The van der Waals surface area contributed by atoms with Gasteiger partial charge in [0.1, 0.15) is 5.82 Å². The SMILES string of the molecule is CCCNCC(C)COc1cc(F)ccc1[N+](=O)[O-]. The molecule has 0 aromatic heterocycles. The highest BCUT2D eigenvalue weighted by molar-refractivity contribution is 5.46. The lowest BCUT2D eigenvalue weighted by atomic mass is 10.2. The number of nitrogens with one attached hydrogen (secondary N) is 1. The lowest BCUT2D eigenvalue weighted by Crippen LogP contribution is -2.25. The van der Waals surface area contributed by atoms with E-state index in [-0.39, 0.29) is 17.4 Å². The Balaban J connectivity index is 2.56. The first-order valence-electron chi connectivity index (χ1n) is 6.32. The smallest absolute Gasteiger partial charge is 0.311 e. The van der Waals surface area contributed by atoms with E-state index in [2.05, 4.69) is 12.2 Å². The molecule has 1 atom stereocenters. The van der Waals surface area contributed by atoms with Crippen molar-refractivity contribution in [3.05, 3.63) is 34.1 Å². The van der Waals surface area contributed by atoms with Gasteiger partial charge in [-0.2, -0.15) is 0 Å². The zero-order valence-electron chi connectivity index (χ0n) is 11.2. The second kappa shape index (κ2) is 7.68.